The van der Waals surface area contributed by atoms with Crippen LogP contribution >= 0.6 is 0 Å². The lowest BCUT2D eigenvalue weighted by molar-refractivity contribution is 0.0948. The second kappa shape index (κ2) is 10.8. The van der Waals surface area contributed by atoms with Gasteiger partial charge in [-0.05, 0) is 55.3 Å². The van der Waals surface area contributed by atoms with Crippen LogP contribution in [0.5, 0.6) is 5.75 Å². The van der Waals surface area contributed by atoms with Crippen LogP contribution in [0.1, 0.15) is 29.3 Å². The number of aryl methyl sites for hydroxylation is 1. The summed E-state index contributed by atoms with van der Waals surface area (Å²) in [5, 5.41) is 8.02. The number of primary sulfonamides is 1. The number of ether oxygens (including phenoxy) is 1. The van der Waals surface area contributed by atoms with Crippen molar-refractivity contribution >= 4 is 21.6 Å². The smallest absolute Gasteiger partial charge is 0.255 e. The molecule has 9 heteroatoms. The lowest BCUT2D eigenvalue weighted by atomic mass is 10.1. The highest BCUT2D eigenvalue weighted by Crippen LogP contribution is 2.22. The first-order valence-corrected chi connectivity index (χ1v) is 12.4. The van der Waals surface area contributed by atoms with Gasteiger partial charge >= 0.3 is 0 Å². The third kappa shape index (κ3) is 6.21. The summed E-state index contributed by atoms with van der Waals surface area (Å²) in [6, 6.07) is 12.8. The van der Waals surface area contributed by atoms with E-state index in [0.29, 0.717) is 12.3 Å². The van der Waals surface area contributed by atoms with Crippen molar-refractivity contribution in [2.45, 2.75) is 24.7 Å². The number of benzene rings is 2. The fourth-order valence-electron chi connectivity index (χ4n) is 3.81. The van der Waals surface area contributed by atoms with Gasteiger partial charge in [-0.25, -0.2) is 13.6 Å². The largest absolute Gasteiger partial charge is 0.496 e. The van der Waals surface area contributed by atoms with Crippen LogP contribution < -0.4 is 20.1 Å². The Kier molecular flexibility index (Phi) is 8.11. The van der Waals surface area contributed by atoms with Gasteiger partial charge in [-0.15, -0.1) is 0 Å². The third-order valence-corrected chi connectivity index (χ3v) is 6.67. The van der Waals surface area contributed by atoms with E-state index in [0.717, 1.165) is 45.6 Å². The number of nitrogens with one attached hydrogen (secondary N) is 1. The number of nitrogens with two attached hydrogens (primary N) is 1. The number of carbonyl (C=O) groups excluding carboxylic acids is 1. The van der Waals surface area contributed by atoms with Crippen molar-refractivity contribution in [2.75, 3.05) is 51.3 Å². The Balaban J connectivity index is 1.44. The summed E-state index contributed by atoms with van der Waals surface area (Å²) in [7, 11) is -2.47. The number of nitrogens with zero attached hydrogens (tertiary/aromatic N) is 2. The first-order chi connectivity index (χ1) is 15.3. The Morgan fingerprint density at radius 3 is 2.38 bits per heavy atom. The second-order valence-corrected chi connectivity index (χ2v) is 9.43. The topological polar surface area (TPSA) is 105 Å². The molecule has 3 rings (SSSR count). The van der Waals surface area contributed by atoms with Gasteiger partial charge in [0.25, 0.3) is 5.91 Å². The molecular weight excluding hydrogens is 428 g/mol. The van der Waals surface area contributed by atoms with E-state index in [4.69, 9.17) is 9.88 Å². The third-order valence-electron chi connectivity index (χ3n) is 5.76. The molecule has 2 aromatic rings. The number of hydrogen-bond acceptors (Lipinski definition) is 6. The Hall–Kier alpha value is -2.62. The van der Waals surface area contributed by atoms with Crippen molar-refractivity contribution in [3.05, 3.63) is 53.6 Å². The average molecular weight is 461 g/mol. The number of sulfonamides is 1. The van der Waals surface area contributed by atoms with Crippen molar-refractivity contribution in [3.8, 4) is 5.75 Å². The number of amides is 1. The fourth-order valence-corrected chi connectivity index (χ4v) is 4.35. The Morgan fingerprint density at radius 1 is 1.09 bits per heavy atom. The van der Waals surface area contributed by atoms with E-state index in [1.807, 2.05) is 0 Å². The highest BCUT2D eigenvalue weighted by molar-refractivity contribution is 7.89. The van der Waals surface area contributed by atoms with Crippen molar-refractivity contribution in [3.63, 3.8) is 0 Å². The van der Waals surface area contributed by atoms with Crippen molar-refractivity contribution in [1.82, 2.24) is 10.2 Å². The zero-order valence-corrected chi connectivity index (χ0v) is 19.5. The summed E-state index contributed by atoms with van der Waals surface area (Å²) in [4.78, 5) is 17.2. The summed E-state index contributed by atoms with van der Waals surface area (Å²) in [6.45, 7) is 7.46. The molecule has 0 unspecified atom stereocenters. The molecular formula is C23H32N4O4S. The molecule has 32 heavy (non-hydrogen) atoms. The molecule has 174 valence electrons. The van der Waals surface area contributed by atoms with Crippen molar-refractivity contribution < 1.29 is 17.9 Å². The van der Waals surface area contributed by atoms with E-state index in [2.05, 4.69) is 46.3 Å². The lowest BCUT2D eigenvalue weighted by Crippen LogP contribution is -2.47. The first-order valence-electron chi connectivity index (χ1n) is 10.9. The summed E-state index contributed by atoms with van der Waals surface area (Å²) in [5.74, 6) is -0.0781. The number of hydrogen-bond donors (Lipinski definition) is 2. The Bertz CT molecular complexity index is 1020. The molecule has 3 N–H and O–H groups in total. The van der Waals surface area contributed by atoms with Gasteiger partial charge in [0.15, 0.2) is 0 Å². The molecule has 1 fully saturated rings. The summed E-state index contributed by atoms with van der Waals surface area (Å²) < 4.78 is 28.3. The van der Waals surface area contributed by atoms with Gasteiger partial charge in [0.1, 0.15) is 5.75 Å². The lowest BCUT2D eigenvalue weighted by Gasteiger charge is -2.36. The van der Waals surface area contributed by atoms with E-state index in [1.54, 1.807) is 0 Å². The van der Waals surface area contributed by atoms with Crippen LogP contribution in [-0.4, -0.2) is 65.6 Å². The van der Waals surface area contributed by atoms with Gasteiger partial charge in [-0.1, -0.05) is 19.1 Å². The van der Waals surface area contributed by atoms with Crippen molar-refractivity contribution in [1.29, 1.82) is 0 Å². The molecule has 0 aromatic heterocycles. The standard InChI is InChI=1S/C23H32N4O4S/c1-3-18-5-7-19(8-6-18)27-15-13-26(14-16-27)12-4-11-25-23(28)21-17-20(32(24,29)30)9-10-22(21)31-2/h5-10,17H,3-4,11-16H2,1-2H3,(H,25,28)(H2,24,29,30). The van der Waals surface area contributed by atoms with E-state index in [9.17, 15) is 13.2 Å². The molecule has 1 saturated heterocycles. The number of anilines is 1. The molecule has 0 saturated carbocycles. The fraction of sp³-hybridized carbons (Fsp3) is 0.435. The van der Waals surface area contributed by atoms with Crippen molar-refractivity contribution in [2.24, 2.45) is 5.14 Å². The van der Waals surface area contributed by atoms with Gasteiger partial charge in [-0.3, -0.25) is 9.69 Å². The monoisotopic (exact) mass is 460 g/mol. The van der Waals surface area contributed by atoms with Crippen LogP contribution in [0, 0.1) is 0 Å². The van der Waals surface area contributed by atoms with Gasteiger partial charge in [0.05, 0.1) is 17.6 Å². The highest BCUT2D eigenvalue weighted by Gasteiger charge is 2.19. The summed E-state index contributed by atoms with van der Waals surface area (Å²) in [6.07, 6.45) is 1.85. The first kappa shape index (κ1) is 24.0. The molecule has 1 heterocycles. The average Bonchev–Trinajstić information content (AvgIpc) is 2.81. The molecule has 0 spiro atoms. The predicted octanol–water partition coefficient (Wildman–Crippen LogP) is 1.85. The normalized spacial score (nSPS) is 14.9. The van der Waals surface area contributed by atoms with Crippen LogP contribution in [0.15, 0.2) is 47.4 Å². The van der Waals surface area contributed by atoms with E-state index >= 15 is 0 Å². The number of piperazine rings is 1. The highest BCUT2D eigenvalue weighted by atomic mass is 32.2. The SMILES string of the molecule is CCc1ccc(N2CCN(CCCNC(=O)c3cc(S(N)(=O)=O)ccc3OC)CC2)cc1. The van der Waals surface area contributed by atoms with Gasteiger partial charge < -0.3 is 15.0 Å². The number of methoxy groups -OCH3 is 1. The summed E-state index contributed by atoms with van der Waals surface area (Å²) in [5.41, 5.74) is 2.77. The molecule has 0 atom stereocenters. The molecule has 0 aliphatic carbocycles. The van der Waals surface area contributed by atoms with Gasteiger partial charge in [-0.2, -0.15) is 0 Å². The minimum atomic E-state index is -3.90. The molecule has 1 aliphatic heterocycles. The molecule has 1 amide bonds. The Morgan fingerprint density at radius 2 is 1.78 bits per heavy atom. The quantitative estimate of drug-likeness (QED) is 0.554. The number of rotatable bonds is 9. The van der Waals surface area contributed by atoms with Crippen LogP contribution in [-0.2, 0) is 16.4 Å². The minimum absolute atomic E-state index is 0.120. The summed E-state index contributed by atoms with van der Waals surface area (Å²) >= 11 is 0. The zero-order valence-electron chi connectivity index (χ0n) is 18.7. The maximum Gasteiger partial charge on any atom is 0.255 e. The second-order valence-electron chi connectivity index (χ2n) is 7.87. The molecule has 8 nitrogen and oxygen atoms in total. The van der Waals surface area contributed by atoms with E-state index in [-0.39, 0.29) is 16.4 Å². The van der Waals surface area contributed by atoms with E-state index in [1.165, 1.54) is 36.6 Å². The predicted molar refractivity (Wildman–Crippen MR) is 126 cm³/mol. The van der Waals surface area contributed by atoms with Crippen LogP contribution in [0.3, 0.4) is 0 Å². The maximum absolute atomic E-state index is 12.6. The van der Waals surface area contributed by atoms with Gasteiger partial charge in [0, 0.05) is 38.4 Å². The van der Waals surface area contributed by atoms with Crippen LogP contribution in [0.2, 0.25) is 0 Å². The van der Waals surface area contributed by atoms with Crippen LogP contribution in [0.4, 0.5) is 5.69 Å². The molecule has 1 aliphatic rings. The Labute approximate surface area is 190 Å². The number of carbonyl (C=O) groups is 1. The van der Waals surface area contributed by atoms with Gasteiger partial charge in [0.2, 0.25) is 10.0 Å². The van der Waals surface area contributed by atoms with E-state index < -0.39 is 10.0 Å². The molecule has 0 radical (unpaired) electrons. The zero-order chi connectivity index (χ0) is 23.1. The minimum Gasteiger partial charge on any atom is -0.496 e. The maximum atomic E-state index is 12.6. The molecule has 2 aromatic carbocycles. The van der Waals surface area contributed by atoms with Crippen LogP contribution in [0.25, 0.3) is 0 Å². The molecule has 0 bridgehead atoms.